The summed E-state index contributed by atoms with van der Waals surface area (Å²) in [5.41, 5.74) is 2.69. The number of unbranched alkanes of at least 4 members (excludes halogenated alkanes) is 1. The summed E-state index contributed by atoms with van der Waals surface area (Å²) in [7, 11) is 0. The molecule has 0 spiro atoms. The monoisotopic (exact) mass is 451 g/mol. The standard InChI is InChI=1S/C25H30ClN5O/c26-23-10-4-5-11-24(23)31-20-22(18-28-31)25(32)27-12-6-7-13-29-14-16-30(17-15-29)19-21-8-2-1-3-9-21/h1-5,8-11,18,20H,6-7,12-17,19H2,(H,27,32). The van der Waals surface area contributed by atoms with Gasteiger partial charge in [-0.1, -0.05) is 54.1 Å². The lowest BCUT2D eigenvalue weighted by Gasteiger charge is -2.34. The van der Waals surface area contributed by atoms with Crippen molar-refractivity contribution in [2.24, 2.45) is 0 Å². The van der Waals surface area contributed by atoms with Gasteiger partial charge >= 0.3 is 0 Å². The summed E-state index contributed by atoms with van der Waals surface area (Å²) in [6, 6.07) is 18.1. The first kappa shape index (κ1) is 22.5. The fourth-order valence-electron chi connectivity index (χ4n) is 3.99. The average Bonchev–Trinajstić information content (AvgIpc) is 3.31. The fraction of sp³-hybridized carbons (Fsp3) is 0.360. The van der Waals surface area contributed by atoms with Gasteiger partial charge in [0.1, 0.15) is 0 Å². The second-order valence-electron chi connectivity index (χ2n) is 8.19. The van der Waals surface area contributed by atoms with E-state index in [-0.39, 0.29) is 5.91 Å². The summed E-state index contributed by atoms with van der Waals surface area (Å²) in [4.78, 5) is 17.5. The smallest absolute Gasteiger partial charge is 0.254 e. The number of rotatable bonds is 9. The Hall–Kier alpha value is -2.67. The lowest BCUT2D eigenvalue weighted by molar-refractivity contribution is 0.0951. The van der Waals surface area contributed by atoms with Gasteiger partial charge in [0.2, 0.25) is 0 Å². The van der Waals surface area contributed by atoms with E-state index in [0.717, 1.165) is 57.8 Å². The lowest BCUT2D eigenvalue weighted by atomic mass is 10.2. The Bertz CT molecular complexity index is 998. The number of carbonyl (C=O) groups excluding carboxylic acids is 1. The Morgan fingerprint density at radius 1 is 0.938 bits per heavy atom. The molecule has 1 aromatic heterocycles. The van der Waals surface area contributed by atoms with Gasteiger partial charge in [0.05, 0.1) is 22.5 Å². The molecule has 1 aliphatic rings. The molecule has 7 heteroatoms. The van der Waals surface area contributed by atoms with Crippen molar-refractivity contribution in [3.63, 3.8) is 0 Å². The zero-order valence-corrected chi connectivity index (χ0v) is 19.0. The molecule has 0 aliphatic carbocycles. The van der Waals surface area contributed by atoms with E-state index in [1.807, 2.05) is 24.3 Å². The normalized spacial score (nSPS) is 15.0. The molecule has 32 heavy (non-hydrogen) atoms. The van der Waals surface area contributed by atoms with Crippen molar-refractivity contribution in [1.29, 1.82) is 0 Å². The minimum Gasteiger partial charge on any atom is -0.352 e. The molecular weight excluding hydrogens is 422 g/mol. The van der Waals surface area contributed by atoms with Gasteiger partial charge in [-0.05, 0) is 37.1 Å². The molecule has 0 radical (unpaired) electrons. The molecule has 0 saturated carbocycles. The van der Waals surface area contributed by atoms with Gasteiger partial charge in [-0.15, -0.1) is 0 Å². The van der Waals surface area contributed by atoms with E-state index in [1.165, 1.54) is 5.56 Å². The highest BCUT2D eigenvalue weighted by molar-refractivity contribution is 6.32. The number of aromatic nitrogens is 2. The van der Waals surface area contributed by atoms with E-state index in [2.05, 4.69) is 50.5 Å². The Balaban J connectivity index is 1.12. The van der Waals surface area contributed by atoms with Crippen LogP contribution in [0.25, 0.3) is 5.69 Å². The van der Waals surface area contributed by atoms with Gasteiger partial charge in [-0.25, -0.2) is 4.68 Å². The average molecular weight is 452 g/mol. The highest BCUT2D eigenvalue weighted by Crippen LogP contribution is 2.19. The van der Waals surface area contributed by atoms with Gasteiger partial charge < -0.3 is 10.2 Å². The van der Waals surface area contributed by atoms with E-state index in [4.69, 9.17) is 11.6 Å². The number of benzene rings is 2. The lowest BCUT2D eigenvalue weighted by Crippen LogP contribution is -2.46. The van der Waals surface area contributed by atoms with Crippen LogP contribution in [0.2, 0.25) is 5.02 Å². The number of carbonyl (C=O) groups is 1. The van der Waals surface area contributed by atoms with E-state index in [0.29, 0.717) is 17.1 Å². The summed E-state index contributed by atoms with van der Waals surface area (Å²) in [5, 5.41) is 7.87. The third kappa shape index (κ3) is 6.19. The van der Waals surface area contributed by atoms with Crippen LogP contribution in [0.3, 0.4) is 0 Å². The van der Waals surface area contributed by atoms with E-state index in [9.17, 15) is 4.79 Å². The van der Waals surface area contributed by atoms with Crippen molar-refractivity contribution in [3.8, 4) is 5.69 Å². The molecule has 1 N–H and O–H groups in total. The SMILES string of the molecule is O=C(NCCCCN1CCN(Cc2ccccc2)CC1)c1cnn(-c2ccccc2Cl)c1. The van der Waals surface area contributed by atoms with Crippen LogP contribution in [0.4, 0.5) is 0 Å². The number of hydrogen-bond donors (Lipinski definition) is 1. The molecule has 1 fully saturated rings. The Morgan fingerprint density at radius 2 is 1.66 bits per heavy atom. The van der Waals surface area contributed by atoms with E-state index >= 15 is 0 Å². The van der Waals surface area contributed by atoms with Gasteiger partial charge in [0, 0.05) is 45.5 Å². The van der Waals surface area contributed by atoms with Crippen molar-refractivity contribution in [3.05, 3.63) is 83.1 Å². The molecule has 1 amide bonds. The van der Waals surface area contributed by atoms with Crippen LogP contribution in [0.15, 0.2) is 67.0 Å². The summed E-state index contributed by atoms with van der Waals surface area (Å²) < 4.78 is 1.63. The molecule has 1 saturated heterocycles. The molecular formula is C25H30ClN5O. The second kappa shape index (κ2) is 11.3. The second-order valence-corrected chi connectivity index (χ2v) is 8.60. The largest absolute Gasteiger partial charge is 0.352 e. The van der Waals surface area contributed by atoms with Crippen molar-refractivity contribution >= 4 is 17.5 Å². The Kier molecular flexibility index (Phi) is 7.93. The minimum atomic E-state index is -0.0992. The third-order valence-electron chi connectivity index (χ3n) is 5.84. The van der Waals surface area contributed by atoms with Crippen LogP contribution >= 0.6 is 11.6 Å². The van der Waals surface area contributed by atoms with Gasteiger partial charge in [0.25, 0.3) is 5.91 Å². The molecule has 0 bridgehead atoms. The molecule has 4 rings (SSSR count). The number of para-hydroxylation sites is 1. The maximum absolute atomic E-state index is 12.4. The Labute approximate surface area is 194 Å². The van der Waals surface area contributed by atoms with Crippen molar-refractivity contribution < 1.29 is 4.79 Å². The predicted molar refractivity (Wildman–Crippen MR) is 128 cm³/mol. The van der Waals surface area contributed by atoms with Crippen LogP contribution < -0.4 is 5.32 Å². The third-order valence-corrected chi connectivity index (χ3v) is 6.16. The molecule has 6 nitrogen and oxygen atoms in total. The van der Waals surface area contributed by atoms with Crippen molar-refractivity contribution in [2.45, 2.75) is 19.4 Å². The molecule has 3 aromatic rings. The molecule has 2 aromatic carbocycles. The zero-order valence-electron chi connectivity index (χ0n) is 18.3. The summed E-state index contributed by atoms with van der Waals surface area (Å²) >= 11 is 6.21. The summed E-state index contributed by atoms with van der Waals surface area (Å²) in [6.07, 6.45) is 5.34. The topological polar surface area (TPSA) is 53.4 Å². The molecule has 168 valence electrons. The number of amides is 1. The number of nitrogens with zero attached hydrogens (tertiary/aromatic N) is 4. The van der Waals surface area contributed by atoms with E-state index in [1.54, 1.807) is 17.1 Å². The highest BCUT2D eigenvalue weighted by atomic mass is 35.5. The van der Waals surface area contributed by atoms with Gasteiger partial charge in [0.15, 0.2) is 0 Å². The first-order valence-electron chi connectivity index (χ1n) is 11.3. The Morgan fingerprint density at radius 3 is 2.44 bits per heavy atom. The van der Waals surface area contributed by atoms with Crippen LogP contribution in [0.5, 0.6) is 0 Å². The first-order valence-corrected chi connectivity index (χ1v) is 11.6. The maximum atomic E-state index is 12.4. The van der Waals surface area contributed by atoms with Gasteiger partial charge in [-0.2, -0.15) is 5.10 Å². The number of halogens is 1. The minimum absolute atomic E-state index is 0.0992. The fourth-order valence-corrected chi connectivity index (χ4v) is 4.21. The number of hydrogen-bond acceptors (Lipinski definition) is 4. The summed E-state index contributed by atoms with van der Waals surface area (Å²) in [5.74, 6) is -0.0992. The highest BCUT2D eigenvalue weighted by Gasteiger charge is 2.16. The molecule has 0 atom stereocenters. The van der Waals surface area contributed by atoms with Gasteiger partial charge in [-0.3, -0.25) is 9.69 Å². The van der Waals surface area contributed by atoms with Crippen LogP contribution in [-0.4, -0.2) is 64.8 Å². The predicted octanol–water partition coefficient (Wildman–Crippen LogP) is 3.85. The first-order chi connectivity index (χ1) is 15.7. The van der Waals surface area contributed by atoms with Crippen molar-refractivity contribution in [1.82, 2.24) is 24.9 Å². The molecule has 1 aliphatic heterocycles. The van der Waals surface area contributed by atoms with Crippen LogP contribution in [-0.2, 0) is 6.54 Å². The number of nitrogens with one attached hydrogen (secondary N) is 1. The summed E-state index contributed by atoms with van der Waals surface area (Å²) in [6.45, 7) is 7.24. The van der Waals surface area contributed by atoms with Crippen molar-refractivity contribution in [2.75, 3.05) is 39.3 Å². The molecule has 0 unspecified atom stereocenters. The van der Waals surface area contributed by atoms with E-state index < -0.39 is 0 Å². The zero-order chi connectivity index (χ0) is 22.2. The molecule has 2 heterocycles. The van der Waals surface area contributed by atoms with Crippen LogP contribution in [0.1, 0.15) is 28.8 Å². The maximum Gasteiger partial charge on any atom is 0.254 e. The van der Waals surface area contributed by atoms with Crippen LogP contribution in [0, 0.1) is 0 Å². The quantitative estimate of drug-likeness (QED) is 0.502. The number of piperazine rings is 1.